The SMILES string of the molecule is CO[C@H]1O[C@@H]2CSC[C@]34CC[C@H](O3)[C@H]1[C@]24CO. The van der Waals surface area contributed by atoms with Gasteiger partial charge in [-0.25, -0.2) is 0 Å². The number of rotatable bonds is 2. The fourth-order valence-electron chi connectivity index (χ4n) is 4.62. The van der Waals surface area contributed by atoms with Gasteiger partial charge in [-0.3, -0.25) is 0 Å². The largest absolute Gasteiger partial charge is 0.396 e. The maximum Gasteiger partial charge on any atom is 0.163 e. The Morgan fingerprint density at radius 2 is 2.41 bits per heavy atom. The molecule has 4 heterocycles. The molecule has 4 fully saturated rings. The van der Waals surface area contributed by atoms with Gasteiger partial charge in [-0.05, 0) is 12.8 Å². The Labute approximate surface area is 105 Å². The lowest BCUT2D eigenvalue weighted by molar-refractivity contribution is -0.158. The quantitative estimate of drug-likeness (QED) is 0.787. The highest BCUT2D eigenvalue weighted by atomic mass is 32.2. The summed E-state index contributed by atoms with van der Waals surface area (Å²) in [5.41, 5.74) is -0.361. The van der Waals surface area contributed by atoms with Gasteiger partial charge in [0.2, 0.25) is 0 Å². The second kappa shape index (κ2) is 3.39. The molecule has 0 aromatic heterocycles. The van der Waals surface area contributed by atoms with Gasteiger partial charge >= 0.3 is 0 Å². The summed E-state index contributed by atoms with van der Waals surface area (Å²) in [5, 5.41) is 10.0. The Balaban J connectivity index is 1.85. The maximum atomic E-state index is 10.0. The predicted molar refractivity (Wildman–Crippen MR) is 62.8 cm³/mol. The molecular formula is C12H18O4S. The first-order valence-electron chi connectivity index (χ1n) is 6.32. The second-order valence-electron chi connectivity index (χ2n) is 5.66. The number of fused-ring (bicyclic) bond motifs is 2. The highest BCUT2D eigenvalue weighted by Crippen LogP contribution is 2.68. The molecule has 4 saturated heterocycles. The van der Waals surface area contributed by atoms with E-state index in [-0.39, 0.29) is 42.0 Å². The molecule has 1 spiro atoms. The maximum absolute atomic E-state index is 10.0. The third kappa shape index (κ3) is 1.03. The molecule has 4 aliphatic rings. The summed E-state index contributed by atoms with van der Waals surface area (Å²) in [6.45, 7) is 0.166. The normalized spacial score (nSPS) is 59.6. The molecule has 4 nitrogen and oxygen atoms in total. The van der Waals surface area contributed by atoms with E-state index in [1.807, 2.05) is 11.8 Å². The van der Waals surface area contributed by atoms with Crippen molar-refractivity contribution < 1.29 is 19.3 Å². The van der Waals surface area contributed by atoms with E-state index in [1.54, 1.807) is 7.11 Å². The zero-order valence-electron chi connectivity index (χ0n) is 9.93. The van der Waals surface area contributed by atoms with Gasteiger partial charge in [0.15, 0.2) is 6.29 Å². The van der Waals surface area contributed by atoms with Crippen LogP contribution in [-0.2, 0) is 14.2 Å². The number of thioether (sulfide) groups is 1. The van der Waals surface area contributed by atoms with Crippen molar-refractivity contribution >= 4 is 11.8 Å². The van der Waals surface area contributed by atoms with E-state index < -0.39 is 0 Å². The molecular weight excluding hydrogens is 240 g/mol. The fourth-order valence-corrected chi connectivity index (χ4v) is 6.14. The molecule has 96 valence electrons. The van der Waals surface area contributed by atoms with Crippen LogP contribution >= 0.6 is 11.8 Å². The highest BCUT2D eigenvalue weighted by Gasteiger charge is 2.77. The molecule has 5 heteroatoms. The lowest BCUT2D eigenvalue weighted by Crippen LogP contribution is -2.60. The molecule has 6 atom stereocenters. The van der Waals surface area contributed by atoms with Crippen LogP contribution in [0, 0.1) is 11.3 Å². The van der Waals surface area contributed by atoms with Crippen LogP contribution in [-0.4, -0.2) is 54.4 Å². The second-order valence-corrected chi connectivity index (χ2v) is 6.69. The van der Waals surface area contributed by atoms with Crippen molar-refractivity contribution in [2.75, 3.05) is 25.2 Å². The van der Waals surface area contributed by atoms with Crippen LogP contribution < -0.4 is 0 Å². The molecule has 0 saturated carbocycles. The van der Waals surface area contributed by atoms with Crippen molar-refractivity contribution in [3.8, 4) is 0 Å². The van der Waals surface area contributed by atoms with Crippen LogP contribution in [0.1, 0.15) is 12.8 Å². The van der Waals surface area contributed by atoms with Gasteiger partial charge in [0.05, 0.1) is 29.8 Å². The smallest absolute Gasteiger partial charge is 0.163 e. The number of aliphatic hydroxyl groups is 1. The van der Waals surface area contributed by atoms with Gasteiger partial charge in [-0.15, -0.1) is 0 Å². The number of aliphatic hydroxyl groups excluding tert-OH is 1. The minimum atomic E-state index is -0.207. The zero-order valence-corrected chi connectivity index (χ0v) is 10.7. The van der Waals surface area contributed by atoms with Gasteiger partial charge in [0.25, 0.3) is 0 Å². The number of methoxy groups -OCH3 is 1. The Bertz CT molecular complexity index is 349. The average molecular weight is 258 g/mol. The first kappa shape index (κ1) is 11.1. The monoisotopic (exact) mass is 258 g/mol. The molecule has 0 aromatic rings. The van der Waals surface area contributed by atoms with Crippen molar-refractivity contribution in [3.63, 3.8) is 0 Å². The number of hydrogen-bond acceptors (Lipinski definition) is 5. The molecule has 1 N–H and O–H groups in total. The van der Waals surface area contributed by atoms with Crippen LogP contribution in [0.15, 0.2) is 0 Å². The lowest BCUT2D eigenvalue weighted by atomic mass is 9.59. The molecule has 2 bridgehead atoms. The highest BCUT2D eigenvalue weighted by molar-refractivity contribution is 7.99. The molecule has 0 aromatic carbocycles. The third-order valence-corrected chi connectivity index (χ3v) is 6.53. The van der Waals surface area contributed by atoms with Gasteiger partial charge < -0.3 is 19.3 Å². The van der Waals surface area contributed by atoms with Crippen molar-refractivity contribution in [1.82, 2.24) is 0 Å². The molecule has 0 unspecified atom stereocenters. The van der Waals surface area contributed by atoms with Crippen molar-refractivity contribution in [3.05, 3.63) is 0 Å². The molecule has 17 heavy (non-hydrogen) atoms. The topological polar surface area (TPSA) is 47.9 Å². The molecule has 0 radical (unpaired) electrons. The third-order valence-electron chi connectivity index (χ3n) is 5.32. The fraction of sp³-hybridized carbons (Fsp3) is 1.00. The van der Waals surface area contributed by atoms with E-state index in [0.717, 1.165) is 24.3 Å². The predicted octanol–water partition coefficient (Wildman–Crippen LogP) is 0.631. The van der Waals surface area contributed by atoms with Crippen LogP contribution in [0.3, 0.4) is 0 Å². The Morgan fingerprint density at radius 1 is 1.53 bits per heavy atom. The van der Waals surface area contributed by atoms with E-state index in [1.165, 1.54) is 0 Å². The van der Waals surface area contributed by atoms with Crippen molar-refractivity contribution in [2.45, 2.75) is 36.9 Å². The standard InChI is InChI=1S/C12H18O4S/c1-14-10-9-7-2-3-11(16-7)6-17-4-8(15-10)12(9,11)5-13/h7-10,13H,2-6H2,1H3/t7-,8+,9+,10-,11-,12-/m0/s1. The van der Waals surface area contributed by atoms with Gasteiger partial charge in [-0.2, -0.15) is 11.8 Å². The van der Waals surface area contributed by atoms with Crippen LogP contribution in [0.4, 0.5) is 0 Å². The first-order chi connectivity index (χ1) is 8.27. The van der Waals surface area contributed by atoms with E-state index in [0.29, 0.717) is 0 Å². The average Bonchev–Trinajstić information content (AvgIpc) is 2.98. The molecule has 0 aliphatic carbocycles. The number of hydrogen-bond donors (Lipinski definition) is 1. The molecule has 4 aliphatic heterocycles. The van der Waals surface area contributed by atoms with Crippen LogP contribution in [0.2, 0.25) is 0 Å². The van der Waals surface area contributed by atoms with Crippen LogP contribution in [0.5, 0.6) is 0 Å². The van der Waals surface area contributed by atoms with Crippen molar-refractivity contribution in [2.24, 2.45) is 11.3 Å². The number of ether oxygens (including phenoxy) is 3. The summed E-state index contributed by atoms with van der Waals surface area (Å²) in [5.74, 6) is 2.17. The zero-order chi connectivity index (χ0) is 11.7. The Kier molecular flexibility index (Phi) is 2.20. The summed E-state index contributed by atoms with van der Waals surface area (Å²) in [7, 11) is 1.69. The Hall–Kier alpha value is 0.190. The van der Waals surface area contributed by atoms with E-state index in [4.69, 9.17) is 14.2 Å². The Morgan fingerprint density at radius 3 is 3.18 bits per heavy atom. The summed E-state index contributed by atoms with van der Waals surface area (Å²) >= 11 is 1.89. The van der Waals surface area contributed by atoms with E-state index >= 15 is 0 Å². The minimum absolute atomic E-state index is 0.0894. The molecule has 0 amide bonds. The van der Waals surface area contributed by atoms with E-state index in [9.17, 15) is 5.11 Å². The summed E-state index contributed by atoms with van der Waals surface area (Å²) in [4.78, 5) is 0. The lowest BCUT2D eigenvalue weighted by Gasteiger charge is -2.49. The first-order valence-corrected chi connectivity index (χ1v) is 7.47. The van der Waals surface area contributed by atoms with Gasteiger partial charge in [0.1, 0.15) is 0 Å². The van der Waals surface area contributed by atoms with Crippen LogP contribution in [0.25, 0.3) is 0 Å². The summed E-state index contributed by atoms with van der Waals surface area (Å²) in [6.07, 6.45) is 2.27. The van der Waals surface area contributed by atoms with Gasteiger partial charge in [-0.1, -0.05) is 0 Å². The summed E-state index contributed by atoms with van der Waals surface area (Å²) in [6, 6.07) is 0. The van der Waals surface area contributed by atoms with Gasteiger partial charge in [0, 0.05) is 24.5 Å². The van der Waals surface area contributed by atoms with E-state index in [2.05, 4.69) is 0 Å². The minimum Gasteiger partial charge on any atom is -0.396 e. The van der Waals surface area contributed by atoms with Crippen molar-refractivity contribution in [1.29, 1.82) is 0 Å². The molecule has 4 rings (SSSR count). The summed E-state index contributed by atoms with van der Waals surface area (Å²) < 4.78 is 17.8.